The van der Waals surface area contributed by atoms with E-state index < -0.39 is 0 Å². The second-order valence-electron chi connectivity index (χ2n) is 6.63. The fourth-order valence-electron chi connectivity index (χ4n) is 3.03. The number of ether oxygens (including phenoxy) is 3. The highest BCUT2D eigenvalue weighted by Crippen LogP contribution is 2.18. The van der Waals surface area contributed by atoms with E-state index in [-0.39, 0.29) is 24.5 Å². The molecule has 7 nitrogen and oxygen atoms in total. The highest BCUT2D eigenvalue weighted by Gasteiger charge is 2.18. The second kappa shape index (κ2) is 10.5. The van der Waals surface area contributed by atoms with E-state index >= 15 is 0 Å². The maximum absolute atomic E-state index is 12.5. The summed E-state index contributed by atoms with van der Waals surface area (Å²) in [7, 11) is 0. The Bertz CT molecular complexity index is 816. The molecular formula is C22H26N2O5. The van der Waals surface area contributed by atoms with Gasteiger partial charge in [-0.1, -0.05) is 12.1 Å². The molecule has 1 aliphatic heterocycles. The van der Waals surface area contributed by atoms with Crippen LogP contribution in [0.4, 0.5) is 5.69 Å². The molecule has 29 heavy (non-hydrogen) atoms. The third-order valence-electron chi connectivity index (χ3n) is 4.46. The summed E-state index contributed by atoms with van der Waals surface area (Å²) in [6.45, 7) is 3.53. The molecule has 0 radical (unpaired) electrons. The third kappa shape index (κ3) is 6.22. The van der Waals surface area contributed by atoms with Gasteiger partial charge in [0.25, 0.3) is 11.8 Å². The first-order chi connectivity index (χ1) is 14.2. The Morgan fingerprint density at radius 1 is 1.07 bits per heavy atom. The number of benzene rings is 2. The maximum Gasteiger partial charge on any atom is 0.262 e. The van der Waals surface area contributed by atoms with Crippen LogP contribution in [0.5, 0.6) is 11.5 Å². The monoisotopic (exact) mass is 398 g/mol. The van der Waals surface area contributed by atoms with Gasteiger partial charge in [0.15, 0.2) is 6.61 Å². The highest BCUT2D eigenvalue weighted by molar-refractivity contribution is 6.04. The molecule has 0 unspecified atom stereocenters. The van der Waals surface area contributed by atoms with Crippen molar-refractivity contribution >= 4 is 17.5 Å². The first-order valence-corrected chi connectivity index (χ1v) is 9.80. The predicted octanol–water partition coefficient (Wildman–Crippen LogP) is 3.01. The molecule has 2 aromatic carbocycles. The summed E-state index contributed by atoms with van der Waals surface area (Å²) in [5.41, 5.74) is 0.845. The van der Waals surface area contributed by atoms with Crippen molar-refractivity contribution in [2.75, 3.05) is 31.7 Å². The van der Waals surface area contributed by atoms with E-state index in [9.17, 15) is 9.59 Å². The van der Waals surface area contributed by atoms with Crippen molar-refractivity contribution in [3.8, 4) is 11.5 Å². The zero-order chi connectivity index (χ0) is 20.5. The summed E-state index contributed by atoms with van der Waals surface area (Å²) in [6.07, 6.45) is 2.02. The van der Waals surface area contributed by atoms with Crippen LogP contribution >= 0.6 is 0 Å². The number of hydrogen-bond donors (Lipinski definition) is 2. The zero-order valence-corrected chi connectivity index (χ0v) is 16.5. The summed E-state index contributed by atoms with van der Waals surface area (Å²) in [4.78, 5) is 24.8. The predicted molar refractivity (Wildman–Crippen MR) is 109 cm³/mol. The van der Waals surface area contributed by atoms with E-state index in [4.69, 9.17) is 14.2 Å². The van der Waals surface area contributed by atoms with E-state index in [2.05, 4.69) is 10.6 Å². The van der Waals surface area contributed by atoms with Gasteiger partial charge >= 0.3 is 0 Å². The van der Waals surface area contributed by atoms with Crippen molar-refractivity contribution in [1.29, 1.82) is 0 Å². The molecule has 7 heteroatoms. The van der Waals surface area contributed by atoms with Crippen molar-refractivity contribution in [1.82, 2.24) is 5.32 Å². The van der Waals surface area contributed by atoms with Crippen LogP contribution in [0.1, 0.15) is 30.1 Å². The van der Waals surface area contributed by atoms with Crippen LogP contribution in [0.2, 0.25) is 0 Å². The first-order valence-electron chi connectivity index (χ1n) is 9.80. The van der Waals surface area contributed by atoms with Crippen molar-refractivity contribution in [2.45, 2.75) is 25.9 Å². The van der Waals surface area contributed by atoms with Crippen LogP contribution in [-0.4, -0.2) is 44.3 Å². The van der Waals surface area contributed by atoms with E-state index in [0.717, 1.165) is 25.2 Å². The van der Waals surface area contributed by atoms with Gasteiger partial charge in [0.1, 0.15) is 11.5 Å². The number of anilines is 1. The van der Waals surface area contributed by atoms with Gasteiger partial charge in [-0.3, -0.25) is 9.59 Å². The lowest BCUT2D eigenvalue weighted by Crippen LogP contribution is -2.32. The van der Waals surface area contributed by atoms with Gasteiger partial charge in [0.2, 0.25) is 0 Å². The molecule has 1 atom stereocenters. The van der Waals surface area contributed by atoms with Crippen molar-refractivity contribution in [2.24, 2.45) is 0 Å². The molecule has 0 aliphatic carbocycles. The molecule has 0 saturated carbocycles. The van der Waals surface area contributed by atoms with Gasteiger partial charge in [-0.2, -0.15) is 0 Å². The number of rotatable bonds is 9. The van der Waals surface area contributed by atoms with Crippen LogP contribution in [0.3, 0.4) is 0 Å². The van der Waals surface area contributed by atoms with Gasteiger partial charge in [0, 0.05) is 13.2 Å². The van der Waals surface area contributed by atoms with Gasteiger partial charge in [-0.05, 0) is 56.2 Å². The van der Waals surface area contributed by atoms with Gasteiger partial charge in [-0.15, -0.1) is 0 Å². The minimum atomic E-state index is -0.349. The van der Waals surface area contributed by atoms with E-state index in [1.165, 1.54) is 0 Å². The molecule has 0 bridgehead atoms. The average molecular weight is 398 g/mol. The minimum absolute atomic E-state index is 0.0585. The van der Waals surface area contributed by atoms with Crippen LogP contribution in [0.25, 0.3) is 0 Å². The molecule has 1 aliphatic rings. The fraction of sp³-hybridized carbons (Fsp3) is 0.364. The number of nitrogens with one attached hydrogen (secondary N) is 2. The Labute approximate surface area is 170 Å². The van der Waals surface area contributed by atoms with E-state index in [1.807, 2.05) is 6.92 Å². The second-order valence-corrected chi connectivity index (χ2v) is 6.63. The number of carbonyl (C=O) groups excluding carboxylic acids is 2. The summed E-state index contributed by atoms with van der Waals surface area (Å²) in [5.74, 6) is 0.709. The lowest BCUT2D eigenvalue weighted by molar-refractivity contribution is -0.118. The van der Waals surface area contributed by atoms with Crippen LogP contribution in [-0.2, 0) is 9.53 Å². The van der Waals surface area contributed by atoms with Crippen LogP contribution in [0, 0.1) is 0 Å². The molecule has 1 saturated heterocycles. The van der Waals surface area contributed by atoms with E-state index in [0.29, 0.717) is 30.2 Å². The molecule has 2 N–H and O–H groups in total. The number of carbonyl (C=O) groups is 2. The largest absolute Gasteiger partial charge is 0.494 e. The Balaban J connectivity index is 1.52. The van der Waals surface area contributed by atoms with Crippen molar-refractivity contribution in [3.63, 3.8) is 0 Å². The van der Waals surface area contributed by atoms with E-state index in [1.54, 1.807) is 48.5 Å². The van der Waals surface area contributed by atoms with Gasteiger partial charge in [-0.25, -0.2) is 0 Å². The van der Waals surface area contributed by atoms with Crippen molar-refractivity contribution < 1.29 is 23.8 Å². The molecule has 154 valence electrons. The van der Waals surface area contributed by atoms with Gasteiger partial charge < -0.3 is 24.8 Å². The Kier molecular flexibility index (Phi) is 7.47. The van der Waals surface area contributed by atoms with Crippen LogP contribution in [0.15, 0.2) is 48.5 Å². The lowest BCUT2D eigenvalue weighted by atomic mass is 10.1. The van der Waals surface area contributed by atoms with Crippen LogP contribution < -0.4 is 20.1 Å². The molecule has 1 fully saturated rings. The molecule has 2 amide bonds. The minimum Gasteiger partial charge on any atom is -0.494 e. The molecule has 0 spiro atoms. The Morgan fingerprint density at radius 3 is 2.48 bits per heavy atom. The highest BCUT2D eigenvalue weighted by atomic mass is 16.5. The quantitative estimate of drug-likeness (QED) is 0.678. The standard InChI is InChI=1S/C22H26N2O5/c1-2-27-16-9-11-17(12-10-16)29-15-21(25)24-20-8-4-3-7-19(20)22(26)23-14-18-6-5-13-28-18/h3-4,7-12,18H,2,5-6,13-15H2,1H3,(H,23,26)(H,24,25)/t18-/m0/s1. The zero-order valence-electron chi connectivity index (χ0n) is 16.5. The molecule has 3 rings (SSSR count). The fourth-order valence-corrected chi connectivity index (χ4v) is 3.03. The number of hydrogen-bond acceptors (Lipinski definition) is 5. The number of para-hydroxylation sites is 1. The van der Waals surface area contributed by atoms with Crippen molar-refractivity contribution in [3.05, 3.63) is 54.1 Å². The Morgan fingerprint density at radius 2 is 1.79 bits per heavy atom. The lowest BCUT2D eigenvalue weighted by Gasteiger charge is -2.14. The summed E-state index contributed by atoms with van der Waals surface area (Å²) in [5, 5.41) is 5.61. The first kappa shape index (κ1) is 20.7. The van der Waals surface area contributed by atoms with Gasteiger partial charge in [0.05, 0.1) is 24.0 Å². The average Bonchev–Trinajstić information content (AvgIpc) is 3.26. The SMILES string of the molecule is CCOc1ccc(OCC(=O)Nc2ccccc2C(=O)NC[C@@H]2CCCO2)cc1. The summed E-state index contributed by atoms with van der Waals surface area (Å²) >= 11 is 0. The summed E-state index contributed by atoms with van der Waals surface area (Å²) in [6, 6.07) is 13.9. The smallest absolute Gasteiger partial charge is 0.262 e. The molecule has 2 aromatic rings. The maximum atomic E-state index is 12.5. The number of amides is 2. The Hall–Kier alpha value is -3.06. The molecule has 1 heterocycles. The summed E-state index contributed by atoms with van der Waals surface area (Å²) < 4.78 is 16.4. The normalized spacial score (nSPS) is 15.6. The third-order valence-corrected chi connectivity index (χ3v) is 4.46. The molecular weight excluding hydrogens is 372 g/mol. The molecule has 0 aromatic heterocycles. The topological polar surface area (TPSA) is 85.9 Å².